The van der Waals surface area contributed by atoms with Gasteiger partial charge in [0.05, 0.1) is 13.2 Å². The van der Waals surface area contributed by atoms with Gasteiger partial charge in [-0.15, -0.1) is 0 Å². The zero-order chi connectivity index (χ0) is 17.3. The van der Waals surface area contributed by atoms with Crippen molar-refractivity contribution in [1.29, 1.82) is 0 Å². The highest BCUT2D eigenvalue weighted by Crippen LogP contribution is 2.34. The molecule has 0 aliphatic heterocycles. The Bertz CT molecular complexity index is 523. The Morgan fingerprint density at radius 3 is 1.91 bits per heavy atom. The van der Waals surface area contributed by atoms with Crippen LogP contribution in [0.15, 0.2) is 35.2 Å². The number of rotatable bonds is 8. The van der Waals surface area contributed by atoms with E-state index in [1.54, 1.807) is 32.9 Å². The summed E-state index contributed by atoms with van der Waals surface area (Å²) in [7, 11) is 0. The molecule has 5 nitrogen and oxygen atoms in total. The van der Waals surface area contributed by atoms with Crippen molar-refractivity contribution in [3.63, 3.8) is 0 Å². The fourth-order valence-corrected chi connectivity index (χ4v) is 2.96. The van der Waals surface area contributed by atoms with Crippen molar-refractivity contribution in [2.75, 3.05) is 13.2 Å². The van der Waals surface area contributed by atoms with E-state index in [4.69, 9.17) is 9.47 Å². The summed E-state index contributed by atoms with van der Waals surface area (Å²) in [4.78, 5) is 37.7. The van der Waals surface area contributed by atoms with E-state index in [0.717, 1.165) is 16.7 Å². The lowest BCUT2D eigenvalue weighted by molar-refractivity contribution is -0.173. The van der Waals surface area contributed by atoms with Gasteiger partial charge in [-0.25, -0.2) is 0 Å². The highest BCUT2D eigenvalue weighted by atomic mass is 32.2. The Morgan fingerprint density at radius 1 is 0.957 bits per heavy atom. The first kappa shape index (κ1) is 19.2. The van der Waals surface area contributed by atoms with Crippen LogP contribution in [0, 0.1) is 5.41 Å². The first-order chi connectivity index (χ1) is 11.0. The molecule has 0 bridgehead atoms. The number of hydrogen-bond donors (Lipinski definition) is 0. The average molecular weight is 338 g/mol. The molecule has 1 aromatic carbocycles. The number of esters is 2. The van der Waals surface area contributed by atoms with Crippen molar-refractivity contribution >= 4 is 28.8 Å². The summed E-state index contributed by atoms with van der Waals surface area (Å²) in [6.07, 6.45) is -0.105. The standard InChI is InChI=1S/C17H22O5S/c1-4-17(15(19)21-5-2,16(20)22-6-3)12-14(18)23-13-10-8-7-9-11-13/h7-11H,4-6,12H2,1-3H3. The molecule has 0 saturated carbocycles. The van der Waals surface area contributed by atoms with Gasteiger partial charge in [-0.05, 0) is 32.4 Å². The molecule has 23 heavy (non-hydrogen) atoms. The number of thioether (sulfide) groups is 1. The third kappa shape index (κ3) is 5.10. The van der Waals surface area contributed by atoms with Gasteiger partial charge in [-0.1, -0.05) is 36.9 Å². The molecular formula is C17H22O5S. The molecule has 0 N–H and O–H groups in total. The van der Waals surface area contributed by atoms with Gasteiger partial charge in [-0.3, -0.25) is 14.4 Å². The van der Waals surface area contributed by atoms with Crippen LogP contribution in [0.1, 0.15) is 33.6 Å². The monoisotopic (exact) mass is 338 g/mol. The molecule has 0 unspecified atom stereocenters. The average Bonchev–Trinajstić information content (AvgIpc) is 2.54. The van der Waals surface area contributed by atoms with Crippen LogP contribution in [0.25, 0.3) is 0 Å². The van der Waals surface area contributed by atoms with E-state index in [1.165, 1.54) is 0 Å². The van der Waals surface area contributed by atoms with E-state index in [1.807, 2.05) is 18.2 Å². The van der Waals surface area contributed by atoms with Crippen molar-refractivity contribution in [2.24, 2.45) is 5.41 Å². The number of carbonyl (C=O) groups excluding carboxylic acids is 3. The largest absolute Gasteiger partial charge is 0.465 e. The molecule has 0 radical (unpaired) electrons. The summed E-state index contributed by atoms with van der Waals surface area (Å²) in [5.41, 5.74) is -1.58. The predicted octanol–water partition coefficient (Wildman–Crippen LogP) is 3.22. The molecule has 0 amide bonds. The van der Waals surface area contributed by atoms with Crippen LogP contribution in [0.4, 0.5) is 0 Å². The molecule has 1 rings (SSSR count). The quantitative estimate of drug-likeness (QED) is 0.412. The molecule has 0 aliphatic carbocycles. The first-order valence-electron chi connectivity index (χ1n) is 7.60. The molecule has 0 fully saturated rings. The summed E-state index contributed by atoms with van der Waals surface area (Å²) >= 11 is 1.00. The van der Waals surface area contributed by atoms with Gasteiger partial charge in [0.2, 0.25) is 0 Å². The number of carbonyl (C=O) groups is 3. The van der Waals surface area contributed by atoms with Gasteiger partial charge in [0.1, 0.15) is 0 Å². The highest BCUT2D eigenvalue weighted by molar-refractivity contribution is 8.13. The lowest BCUT2D eigenvalue weighted by Crippen LogP contribution is -2.43. The Balaban J connectivity index is 2.97. The van der Waals surface area contributed by atoms with Gasteiger partial charge in [0.15, 0.2) is 10.5 Å². The van der Waals surface area contributed by atoms with Crippen LogP contribution >= 0.6 is 11.8 Å². The van der Waals surface area contributed by atoms with Crippen LogP contribution in [0.2, 0.25) is 0 Å². The van der Waals surface area contributed by atoms with E-state index in [-0.39, 0.29) is 31.2 Å². The van der Waals surface area contributed by atoms with E-state index >= 15 is 0 Å². The molecule has 1 aromatic rings. The molecule has 0 atom stereocenters. The molecule has 0 aromatic heterocycles. The van der Waals surface area contributed by atoms with Gasteiger partial charge >= 0.3 is 11.9 Å². The maximum atomic E-state index is 12.4. The fourth-order valence-electron chi connectivity index (χ4n) is 2.08. The Morgan fingerprint density at radius 2 is 1.48 bits per heavy atom. The van der Waals surface area contributed by atoms with E-state index in [9.17, 15) is 14.4 Å². The maximum absolute atomic E-state index is 12.4. The van der Waals surface area contributed by atoms with Crippen molar-refractivity contribution in [1.82, 2.24) is 0 Å². The smallest absolute Gasteiger partial charge is 0.323 e. The van der Waals surface area contributed by atoms with Gasteiger partial charge in [-0.2, -0.15) is 0 Å². The van der Waals surface area contributed by atoms with E-state index in [2.05, 4.69) is 0 Å². The van der Waals surface area contributed by atoms with E-state index < -0.39 is 17.4 Å². The lowest BCUT2D eigenvalue weighted by Gasteiger charge is -2.27. The van der Waals surface area contributed by atoms with Crippen molar-refractivity contribution < 1.29 is 23.9 Å². The summed E-state index contributed by atoms with van der Waals surface area (Å²) in [5.74, 6) is -1.41. The van der Waals surface area contributed by atoms with Crippen LogP contribution < -0.4 is 0 Å². The minimum Gasteiger partial charge on any atom is -0.465 e. The highest BCUT2D eigenvalue weighted by Gasteiger charge is 2.49. The molecule has 126 valence electrons. The minimum atomic E-state index is -1.58. The molecule has 0 saturated heterocycles. The fraction of sp³-hybridized carbons (Fsp3) is 0.471. The predicted molar refractivity (Wildman–Crippen MR) is 87.9 cm³/mol. The second-order valence-electron chi connectivity index (χ2n) is 4.84. The zero-order valence-corrected chi connectivity index (χ0v) is 14.5. The second kappa shape index (κ2) is 9.35. The SMILES string of the molecule is CCOC(=O)C(CC)(CC(=O)Sc1ccccc1)C(=O)OCC. The summed E-state index contributed by atoms with van der Waals surface area (Å²) in [5, 5.41) is -0.279. The molecule has 6 heteroatoms. The van der Waals surface area contributed by atoms with Crippen molar-refractivity contribution in [3.05, 3.63) is 30.3 Å². The van der Waals surface area contributed by atoms with Gasteiger partial charge in [0.25, 0.3) is 0 Å². The normalized spacial score (nSPS) is 10.9. The molecular weight excluding hydrogens is 316 g/mol. The second-order valence-corrected chi connectivity index (χ2v) is 5.97. The summed E-state index contributed by atoms with van der Waals surface area (Å²) in [6.45, 7) is 5.27. The molecule has 0 heterocycles. The topological polar surface area (TPSA) is 69.7 Å². The van der Waals surface area contributed by atoms with Crippen LogP contribution in [0.5, 0.6) is 0 Å². The van der Waals surface area contributed by atoms with Crippen LogP contribution in [0.3, 0.4) is 0 Å². The lowest BCUT2D eigenvalue weighted by atomic mass is 9.82. The van der Waals surface area contributed by atoms with Crippen LogP contribution in [-0.4, -0.2) is 30.3 Å². The number of hydrogen-bond acceptors (Lipinski definition) is 6. The third-order valence-corrected chi connectivity index (χ3v) is 4.24. The summed E-state index contributed by atoms with van der Waals surface area (Å²) < 4.78 is 10.0. The van der Waals surface area contributed by atoms with Gasteiger partial charge < -0.3 is 9.47 Å². The van der Waals surface area contributed by atoms with Gasteiger partial charge in [0, 0.05) is 11.3 Å². The van der Waals surface area contributed by atoms with Crippen molar-refractivity contribution in [3.8, 4) is 0 Å². The number of benzene rings is 1. The third-order valence-electron chi connectivity index (χ3n) is 3.36. The Labute approximate surface area is 140 Å². The Hall–Kier alpha value is -1.82. The number of ether oxygens (including phenoxy) is 2. The molecule has 0 spiro atoms. The minimum absolute atomic E-state index is 0.139. The Kier molecular flexibility index (Phi) is 7.81. The first-order valence-corrected chi connectivity index (χ1v) is 8.42. The molecule has 0 aliphatic rings. The van der Waals surface area contributed by atoms with E-state index in [0.29, 0.717) is 0 Å². The maximum Gasteiger partial charge on any atom is 0.323 e. The summed E-state index contributed by atoms with van der Waals surface area (Å²) in [6, 6.07) is 9.08. The van der Waals surface area contributed by atoms with Crippen molar-refractivity contribution in [2.45, 2.75) is 38.5 Å². The van der Waals surface area contributed by atoms with Crippen LogP contribution in [-0.2, 0) is 23.9 Å². The zero-order valence-electron chi connectivity index (χ0n) is 13.7.